The smallest absolute Gasteiger partial charge is 0.255 e. The summed E-state index contributed by atoms with van der Waals surface area (Å²) in [6.45, 7) is 4.56. The molecule has 0 radical (unpaired) electrons. The SMILES string of the molecule is CC(C)(N)CCOc1ccc(-c2ccnc(NCc3ccc(C(=O)Nc4ccccc4N)cc3)n2)cc1F. The van der Waals surface area contributed by atoms with Crippen LogP contribution < -0.4 is 26.8 Å². The number of carbonyl (C=O) groups is 1. The first-order valence-electron chi connectivity index (χ1n) is 12.2. The molecule has 3 aromatic carbocycles. The number of nitrogens with two attached hydrogens (primary N) is 2. The summed E-state index contributed by atoms with van der Waals surface area (Å²) in [7, 11) is 0. The number of amides is 1. The van der Waals surface area contributed by atoms with E-state index in [1.807, 2.05) is 38.1 Å². The Morgan fingerprint density at radius 2 is 1.82 bits per heavy atom. The van der Waals surface area contributed by atoms with Crippen LogP contribution in [0.1, 0.15) is 36.2 Å². The van der Waals surface area contributed by atoms with E-state index in [0.717, 1.165) is 5.56 Å². The maximum absolute atomic E-state index is 14.6. The van der Waals surface area contributed by atoms with Gasteiger partial charge in [0, 0.05) is 29.4 Å². The number of para-hydroxylation sites is 2. The minimum absolute atomic E-state index is 0.176. The van der Waals surface area contributed by atoms with E-state index in [2.05, 4.69) is 20.6 Å². The molecule has 0 bridgehead atoms. The largest absolute Gasteiger partial charge is 0.490 e. The van der Waals surface area contributed by atoms with Gasteiger partial charge in [0.25, 0.3) is 5.91 Å². The highest BCUT2D eigenvalue weighted by molar-refractivity contribution is 6.05. The monoisotopic (exact) mass is 514 g/mol. The van der Waals surface area contributed by atoms with Crippen molar-refractivity contribution < 1.29 is 13.9 Å². The quantitative estimate of drug-likeness (QED) is 0.213. The molecule has 0 unspecified atom stereocenters. The maximum atomic E-state index is 14.6. The molecule has 38 heavy (non-hydrogen) atoms. The number of nitrogen functional groups attached to an aromatic ring is 1. The molecule has 8 nitrogen and oxygen atoms in total. The predicted octanol–water partition coefficient (Wildman–Crippen LogP) is 5.24. The number of halogens is 1. The van der Waals surface area contributed by atoms with Gasteiger partial charge in [0.2, 0.25) is 5.95 Å². The fourth-order valence-corrected chi connectivity index (χ4v) is 3.57. The molecule has 1 amide bonds. The second-order valence-electron chi connectivity index (χ2n) is 9.59. The van der Waals surface area contributed by atoms with Gasteiger partial charge in [0.1, 0.15) is 0 Å². The van der Waals surface area contributed by atoms with Crippen molar-refractivity contribution in [2.45, 2.75) is 32.4 Å². The Morgan fingerprint density at radius 1 is 1.05 bits per heavy atom. The van der Waals surface area contributed by atoms with Crippen LogP contribution >= 0.6 is 0 Å². The Kier molecular flexibility index (Phi) is 8.18. The van der Waals surface area contributed by atoms with Crippen molar-refractivity contribution in [3.05, 3.63) is 95.9 Å². The fourth-order valence-electron chi connectivity index (χ4n) is 3.57. The maximum Gasteiger partial charge on any atom is 0.255 e. The topological polar surface area (TPSA) is 128 Å². The van der Waals surface area contributed by atoms with Gasteiger partial charge in [-0.15, -0.1) is 0 Å². The fraction of sp³-hybridized carbons (Fsp3) is 0.207. The lowest BCUT2D eigenvalue weighted by molar-refractivity contribution is 0.102. The minimum Gasteiger partial charge on any atom is -0.490 e. The molecule has 196 valence electrons. The molecule has 0 saturated carbocycles. The average Bonchev–Trinajstić information content (AvgIpc) is 2.89. The first kappa shape index (κ1) is 26.6. The van der Waals surface area contributed by atoms with Gasteiger partial charge in [-0.2, -0.15) is 0 Å². The standard InChI is InChI=1S/C29H31FN6O2/c1-29(2,32)14-16-38-26-12-11-21(17-22(26)30)24-13-15-33-28(36-24)34-18-19-7-9-20(10-8-19)27(37)35-25-6-4-3-5-23(25)31/h3-13,15,17H,14,16,18,31-32H2,1-2H3,(H,35,37)(H,33,34,36). The summed E-state index contributed by atoms with van der Waals surface area (Å²) in [5, 5.41) is 5.98. The number of hydrogen-bond donors (Lipinski definition) is 4. The number of benzene rings is 3. The molecule has 0 aliphatic rings. The number of nitrogens with one attached hydrogen (secondary N) is 2. The summed E-state index contributed by atoms with van der Waals surface area (Å²) in [6.07, 6.45) is 2.22. The third-order valence-electron chi connectivity index (χ3n) is 5.76. The third kappa shape index (κ3) is 7.27. The zero-order valence-corrected chi connectivity index (χ0v) is 21.4. The Hall–Kier alpha value is -4.50. The minimum atomic E-state index is -0.468. The van der Waals surface area contributed by atoms with Crippen molar-refractivity contribution >= 4 is 23.2 Å². The van der Waals surface area contributed by atoms with Crippen LogP contribution in [0.25, 0.3) is 11.3 Å². The summed E-state index contributed by atoms with van der Waals surface area (Å²) in [4.78, 5) is 21.3. The molecule has 6 N–H and O–H groups in total. The molecule has 0 aliphatic heterocycles. The van der Waals surface area contributed by atoms with Gasteiger partial charge in [-0.1, -0.05) is 24.3 Å². The molecular formula is C29H31FN6O2. The molecule has 9 heteroatoms. The van der Waals surface area contributed by atoms with Crippen molar-refractivity contribution in [3.8, 4) is 17.0 Å². The number of carbonyl (C=O) groups excluding carboxylic acids is 1. The number of ether oxygens (including phenoxy) is 1. The normalized spacial score (nSPS) is 11.2. The summed E-state index contributed by atoms with van der Waals surface area (Å²) in [5.74, 6) is -0.139. The van der Waals surface area contributed by atoms with Gasteiger partial charge in [-0.25, -0.2) is 14.4 Å². The van der Waals surface area contributed by atoms with Crippen molar-refractivity contribution in [3.63, 3.8) is 0 Å². The first-order valence-corrected chi connectivity index (χ1v) is 12.2. The molecule has 1 aromatic heterocycles. The average molecular weight is 515 g/mol. The second-order valence-corrected chi connectivity index (χ2v) is 9.59. The highest BCUT2D eigenvalue weighted by atomic mass is 19.1. The lowest BCUT2D eigenvalue weighted by atomic mass is 10.0. The number of aromatic nitrogens is 2. The summed E-state index contributed by atoms with van der Waals surface area (Å²) >= 11 is 0. The van der Waals surface area contributed by atoms with E-state index >= 15 is 0 Å². The van der Waals surface area contributed by atoms with Crippen LogP contribution in [0.3, 0.4) is 0 Å². The van der Waals surface area contributed by atoms with E-state index in [4.69, 9.17) is 16.2 Å². The summed E-state index contributed by atoms with van der Waals surface area (Å²) in [5.41, 5.74) is 15.2. The lowest BCUT2D eigenvalue weighted by Crippen LogP contribution is -2.33. The van der Waals surface area contributed by atoms with E-state index in [1.54, 1.807) is 48.7 Å². The van der Waals surface area contributed by atoms with E-state index in [-0.39, 0.29) is 17.2 Å². The van der Waals surface area contributed by atoms with Crippen LogP contribution in [-0.4, -0.2) is 28.0 Å². The molecule has 0 fully saturated rings. The first-order chi connectivity index (χ1) is 18.2. The Morgan fingerprint density at radius 3 is 2.53 bits per heavy atom. The summed E-state index contributed by atoms with van der Waals surface area (Å²) < 4.78 is 20.1. The van der Waals surface area contributed by atoms with Crippen LogP contribution in [0.15, 0.2) is 79.0 Å². The van der Waals surface area contributed by atoms with Gasteiger partial charge in [-0.05, 0) is 74.4 Å². The number of rotatable bonds is 10. The molecule has 4 aromatic rings. The van der Waals surface area contributed by atoms with E-state index in [0.29, 0.717) is 53.7 Å². The molecule has 0 aliphatic carbocycles. The number of hydrogen-bond acceptors (Lipinski definition) is 7. The van der Waals surface area contributed by atoms with Crippen molar-refractivity contribution in [2.24, 2.45) is 5.73 Å². The number of nitrogens with zero attached hydrogens (tertiary/aromatic N) is 2. The number of anilines is 3. The van der Waals surface area contributed by atoms with Gasteiger partial charge in [-0.3, -0.25) is 4.79 Å². The van der Waals surface area contributed by atoms with Gasteiger partial charge >= 0.3 is 0 Å². The second kappa shape index (κ2) is 11.7. The molecule has 0 saturated heterocycles. The van der Waals surface area contributed by atoms with Gasteiger partial charge in [0.05, 0.1) is 23.7 Å². The van der Waals surface area contributed by atoms with Crippen molar-refractivity contribution in [1.82, 2.24) is 9.97 Å². The highest BCUT2D eigenvalue weighted by Crippen LogP contribution is 2.25. The Bertz CT molecular complexity index is 1400. The predicted molar refractivity (Wildman–Crippen MR) is 148 cm³/mol. The van der Waals surface area contributed by atoms with Crippen LogP contribution in [0, 0.1) is 5.82 Å². The zero-order valence-electron chi connectivity index (χ0n) is 21.4. The van der Waals surface area contributed by atoms with Crippen molar-refractivity contribution in [2.75, 3.05) is 23.0 Å². The van der Waals surface area contributed by atoms with Crippen molar-refractivity contribution in [1.29, 1.82) is 0 Å². The van der Waals surface area contributed by atoms with E-state index in [9.17, 15) is 9.18 Å². The van der Waals surface area contributed by atoms with Crippen LogP contribution in [0.2, 0.25) is 0 Å². The van der Waals surface area contributed by atoms with Crippen LogP contribution in [-0.2, 0) is 6.54 Å². The van der Waals surface area contributed by atoms with Crippen LogP contribution in [0.4, 0.5) is 21.7 Å². The molecule has 0 atom stereocenters. The lowest BCUT2D eigenvalue weighted by Gasteiger charge is -2.18. The highest BCUT2D eigenvalue weighted by Gasteiger charge is 2.13. The van der Waals surface area contributed by atoms with Gasteiger partial charge < -0.3 is 26.8 Å². The zero-order chi connectivity index (χ0) is 27.1. The molecular weight excluding hydrogens is 483 g/mol. The molecule has 1 heterocycles. The molecule has 0 spiro atoms. The summed E-state index contributed by atoms with van der Waals surface area (Å²) in [6, 6.07) is 20.7. The Balaban J connectivity index is 1.35. The molecule has 4 rings (SSSR count). The van der Waals surface area contributed by atoms with Crippen LogP contribution in [0.5, 0.6) is 5.75 Å². The van der Waals surface area contributed by atoms with Gasteiger partial charge in [0.15, 0.2) is 11.6 Å². The third-order valence-corrected chi connectivity index (χ3v) is 5.76. The Labute approximate surface area is 221 Å². The van der Waals surface area contributed by atoms with E-state index in [1.165, 1.54) is 6.07 Å². The van der Waals surface area contributed by atoms with E-state index < -0.39 is 5.82 Å².